The van der Waals surface area contributed by atoms with Gasteiger partial charge in [-0.1, -0.05) is 13.8 Å². The fraction of sp³-hybridized carbons (Fsp3) is 0.882. The lowest BCUT2D eigenvalue weighted by Gasteiger charge is -2.30. The van der Waals surface area contributed by atoms with Crippen LogP contribution in [-0.2, 0) is 23.1 Å². The molecule has 0 aromatic rings. The van der Waals surface area contributed by atoms with Crippen molar-refractivity contribution in [2.75, 3.05) is 26.4 Å². The summed E-state index contributed by atoms with van der Waals surface area (Å²) in [5.41, 5.74) is 0. The van der Waals surface area contributed by atoms with Gasteiger partial charge in [0.05, 0.1) is 26.4 Å². The number of ether oxygens (including phenoxy) is 2. The van der Waals surface area contributed by atoms with E-state index in [0.717, 1.165) is 0 Å². The molecule has 0 fully saturated rings. The zero-order valence-electron chi connectivity index (χ0n) is 16.7. The molecule has 0 spiro atoms. The molecule has 1 heterocycles. The van der Waals surface area contributed by atoms with Crippen LogP contribution in [0.15, 0.2) is 9.98 Å². The van der Waals surface area contributed by atoms with E-state index in [-0.39, 0.29) is 31.6 Å². The fourth-order valence-electron chi connectivity index (χ4n) is 2.60. The Balaban J connectivity index is 3.09. The van der Waals surface area contributed by atoms with Crippen molar-refractivity contribution in [1.29, 1.82) is 0 Å². The molecule has 8 nitrogen and oxygen atoms in total. The van der Waals surface area contributed by atoms with Crippen molar-refractivity contribution in [2.45, 2.75) is 65.9 Å². The highest BCUT2D eigenvalue weighted by Crippen LogP contribution is 2.53. The predicted octanol–water partition coefficient (Wildman–Crippen LogP) is 3.24. The number of aliphatic imine (C=N–C) groups is 2. The third-order valence-corrected chi connectivity index (χ3v) is 5.90. The van der Waals surface area contributed by atoms with Gasteiger partial charge in [-0.05, 0) is 33.6 Å². The molecule has 0 amide bonds. The SMILES string of the molecule is CCOC1=N[C@H](C(C)C)C(OCC)=N[C@H]1C[C@H](O)P(=O)(OCC)OCC. The fourth-order valence-corrected chi connectivity index (χ4v) is 4.20. The number of aliphatic hydroxyl groups excluding tert-OH is 1. The van der Waals surface area contributed by atoms with Gasteiger partial charge in [0.1, 0.15) is 12.1 Å². The van der Waals surface area contributed by atoms with E-state index in [1.807, 2.05) is 27.7 Å². The summed E-state index contributed by atoms with van der Waals surface area (Å²) >= 11 is 0. The molecule has 1 aliphatic heterocycles. The molecule has 1 aliphatic rings. The molecule has 0 aromatic heterocycles. The largest absolute Gasteiger partial charge is 0.480 e. The van der Waals surface area contributed by atoms with Crippen LogP contribution in [0.5, 0.6) is 0 Å². The van der Waals surface area contributed by atoms with Gasteiger partial charge in [-0.15, -0.1) is 0 Å². The summed E-state index contributed by atoms with van der Waals surface area (Å²) < 4.78 is 34.5. The number of nitrogens with zero attached hydrogens (tertiary/aromatic N) is 2. The summed E-state index contributed by atoms with van der Waals surface area (Å²) in [4.78, 5) is 9.23. The summed E-state index contributed by atoms with van der Waals surface area (Å²) in [6.45, 7) is 12.4. The quantitative estimate of drug-likeness (QED) is 0.573. The van der Waals surface area contributed by atoms with Crippen LogP contribution in [0.1, 0.15) is 48.0 Å². The first kappa shape index (κ1) is 23.1. The van der Waals surface area contributed by atoms with E-state index in [1.54, 1.807) is 13.8 Å². The normalized spacial score (nSPS) is 22.0. The zero-order valence-corrected chi connectivity index (χ0v) is 17.6. The number of rotatable bonds is 10. The highest BCUT2D eigenvalue weighted by Gasteiger charge is 2.39. The lowest BCUT2D eigenvalue weighted by molar-refractivity contribution is 0.140. The third-order valence-electron chi connectivity index (χ3n) is 3.72. The number of hydrogen-bond donors (Lipinski definition) is 1. The molecule has 152 valence electrons. The maximum absolute atomic E-state index is 12.8. The smallest absolute Gasteiger partial charge is 0.358 e. The topological polar surface area (TPSA) is 98.9 Å². The van der Waals surface area contributed by atoms with E-state index in [0.29, 0.717) is 25.0 Å². The minimum absolute atomic E-state index is 0.0114. The van der Waals surface area contributed by atoms with Crippen LogP contribution in [0.4, 0.5) is 0 Å². The molecule has 0 saturated heterocycles. The third kappa shape index (κ3) is 6.05. The van der Waals surface area contributed by atoms with Gasteiger partial charge < -0.3 is 23.6 Å². The minimum atomic E-state index is -3.66. The van der Waals surface area contributed by atoms with Gasteiger partial charge >= 0.3 is 7.60 Å². The standard InChI is InChI=1S/C17H33N2O6P/c1-7-22-16-13(11-14(20)26(21,24-9-3)25-10-4)18-17(23-8-2)15(19-16)12(5)6/h12-15,20H,7-11H2,1-6H3/t13-,14+,15+/m0/s1. The van der Waals surface area contributed by atoms with E-state index in [1.165, 1.54) is 0 Å². The van der Waals surface area contributed by atoms with Crippen LogP contribution in [0, 0.1) is 5.92 Å². The molecule has 3 atom stereocenters. The van der Waals surface area contributed by atoms with Gasteiger partial charge in [-0.3, -0.25) is 4.57 Å². The molecule has 0 aliphatic carbocycles. The second-order valence-electron chi connectivity index (χ2n) is 6.10. The Hall–Kier alpha value is -0.950. The summed E-state index contributed by atoms with van der Waals surface area (Å²) in [5.74, 6) is -0.237. The summed E-state index contributed by atoms with van der Waals surface area (Å²) in [6.07, 6.45) is 0.0114. The first-order chi connectivity index (χ1) is 12.3. The monoisotopic (exact) mass is 392 g/mol. The average molecular weight is 392 g/mol. The van der Waals surface area contributed by atoms with Crippen LogP contribution in [0.3, 0.4) is 0 Å². The van der Waals surface area contributed by atoms with Gasteiger partial charge in [-0.2, -0.15) is 0 Å². The Kier molecular flexibility index (Phi) is 9.79. The molecule has 0 unspecified atom stereocenters. The molecule has 0 aromatic carbocycles. The molecule has 1 N–H and O–H groups in total. The summed E-state index contributed by atoms with van der Waals surface area (Å²) in [5, 5.41) is 10.5. The molecule has 1 rings (SSSR count). The van der Waals surface area contributed by atoms with Gasteiger partial charge in [0.15, 0.2) is 5.85 Å². The van der Waals surface area contributed by atoms with Crippen molar-refractivity contribution in [3.05, 3.63) is 0 Å². The van der Waals surface area contributed by atoms with E-state index in [9.17, 15) is 9.67 Å². The second kappa shape index (κ2) is 11.0. The molecule has 0 bridgehead atoms. The van der Waals surface area contributed by atoms with Crippen LogP contribution in [0.25, 0.3) is 0 Å². The maximum atomic E-state index is 12.8. The van der Waals surface area contributed by atoms with Crippen LogP contribution < -0.4 is 0 Å². The predicted molar refractivity (Wildman–Crippen MR) is 102 cm³/mol. The summed E-state index contributed by atoms with van der Waals surface area (Å²) in [6, 6.07) is -0.841. The molecular formula is C17H33N2O6P. The first-order valence-corrected chi connectivity index (χ1v) is 10.9. The molecule has 0 radical (unpaired) electrons. The van der Waals surface area contributed by atoms with Crippen molar-refractivity contribution in [3.8, 4) is 0 Å². The van der Waals surface area contributed by atoms with E-state index in [4.69, 9.17) is 18.5 Å². The number of aliphatic hydroxyl groups is 1. The Bertz CT molecular complexity index is 527. The van der Waals surface area contributed by atoms with Crippen LogP contribution in [0.2, 0.25) is 0 Å². The van der Waals surface area contributed by atoms with Crippen molar-refractivity contribution in [1.82, 2.24) is 0 Å². The number of hydrogen-bond acceptors (Lipinski definition) is 8. The molecule has 26 heavy (non-hydrogen) atoms. The van der Waals surface area contributed by atoms with E-state index >= 15 is 0 Å². The minimum Gasteiger partial charge on any atom is -0.480 e. The lowest BCUT2D eigenvalue weighted by atomic mass is 10.0. The highest BCUT2D eigenvalue weighted by molar-refractivity contribution is 7.54. The second-order valence-corrected chi connectivity index (χ2v) is 8.29. The Morgan fingerprint density at radius 1 is 0.962 bits per heavy atom. The maximum Gasteiger partial charge on any atom is 0.358 e. The van der Waals surface area contributed by atoms with Crippen molar-refractivity contribution in [2.24, 2.45) is 15.9 Å². The highest BCUT2D eigenvalue weighted by atomic mass is 31.2. The van der Waals surface area contributed by atoms with Gasteiger partial charge in [0.2, 0.25) is 11.8 Å². The van der Waals surface area contributed by atoms with Crippen LogP contribution >= 0.6 is 7.60 Å². The molecule has 9 heteroatoms. The Morgan fingerprint density at radius 2 is 1.50 bits per heavy atom. The van der Waals surface area contributed by atoms with Crippen molar-refractivity contribution in [3.63, 3.8) is 0 Å². The zero-order chi connectivity index (χ0) is 19.7. The van der Waals surface area contributed by atoms with Crippen molar-refractivity contribution >= 4 is 19.4 Å². The van der Waals surface area contributed by atoms with Crippen molar-refractivity contribution < 1.29 is 28.2 Å². The summed E-state index contributed by atoms with van der Waals surface area (Å²) in [7, 11) is -3.66. The van der Waals surface area contributed by atoms with E-state index < -0.39 is 19.5 Å². The molecular weight excluding hydrogens is 359 g/mol. The van der Waals surface area contributed by atoms with Gasteiger partial charge in [0.25, 0.3) is 0 Å². The molecule has 0 saturated carbocycles. The lowest BCUT2D eigenvalue weighted by Crippen LogP contribution is -2.39. The van der Waals surface area contributed by atoms with Gasteiger partial charge in [-0.25, -0.2) is 9.98 Å². The van der Waals surface area contributed by atoms with Crippen LogP contribution in [-0.4, -0.2) is 61.3 Å². The Morgan fingerprint density at radius 3 is 1.96 bits per heavy atom. The Labute approximate surface area is 156 Å². The first-order valence-electron chi connectivity index (χ1n) is 9.30. The van der Waals surface area contributed by atoms with Gasteiger partial charge in [0, 0.05) is 6.42 Å². The average Bonchev–Trinajstić information content (AvgIpc) is 2.57. The van der Waals surface area contributed by atoms with E-state index in [2.05, 4.69) is 9.98 Å².